The van der Waals surface area contributed by atoms with Crippen LogP contribution >= 0.6 is 0 Å². The second kappa shape index (κ2) is 4.38. The maximum absolute atomic E-state index is 12.6. The molecule has 16 heavy (non-hydrogen) atoms. The molecule has 0 radical (unpaired) electrons. The number of rotatable bonds is 0. The molecule has 0 spiro atoms. The Morgan fingerprint density at radius 2 is 1.62 bits per heavy atom. The third-order valence-electron chi connectivity index (χ3n) is 3.54. The van der Waals surface area contributed by atoms with Crippen molar-refractivity contribution in [2.45, 2.75) is 66.3 Å². The molecule has 0 saturated carbocycles. The van der Waals surface area contributed by atoms with Crippen LogP contribution in [0.15, 0.2) is 0 Å². The monoisotopic (exact) mass is 225 g/mol. The van der Waals surface area contributed by atoms with E-state index in [2.05, 4.69) is 46.4 Å². The predicted molar refractivity (Wildman–Crippen MR) is 68.3 cm³/mol. The number of nitrogens with zero attached hydrogens (tertiary/aromatic N) is 1. The first-order valence-corrected chi connectivity index (χ1v) is 6.45. The Balaban J connectivity index is 2.94. The molecule has 1 amide bonds. The van der Waals surface area contributed by atoms with Gasteiger partial charge in [0.1, 0.15) is 0 Å². The summed E-state index contributed by atoms with van der Waals surface area (Å²) >= 11 is 0. The minimum atomic E-state index is -0.0368. The zero-order valence-corrected chi connectivity index (χ0v) is 11.8. The highest BCUT2D eigenvalue weighted by molar-refractivity contribution is 5.80. The van der Waals surface area contributed by atoms with Gasteiger partial charge < -0.3 is 4.90 Å². The van der Waals surface area contributed by atoms with E-state index < -0.39 is 0 Å². The molecule has 1 heterocycles. The summed E-state index contributed by atoms with van der Waals surface area (Å²) in [4.78, 5) is 14.6. The normalized spacial score (nSPS) is 24.5. The molecule has 1 aliphatic heterocycles. The molecule has 1 atom stereocenters. The van der Waals surface area contributed by atoms with Crippen molar-refractivity contribution < 1.29 is 4.79 Å². The first-order chi connectivity index (χ1) is 7.14. The van der Waals surface area contributed by atoms with Gasteiger partial charge in [-0.2, -0.15) is 0 Å². The van der Waals surface area contributed by atoms with Crippen molar-refractivity contribution in [3.63, 3.8) is 0 Å². The van der Waals surface area contributed by atoms with E-state index in [1.54, 1.807) is 0 Å². The number of carbonyl (C=O) groups is 1. The van der Waals surface area contributed by atoms with Crippen LogP contribution in [0.2, 0.25) is 0 Å². The maximum atomic E-state index is 12.6. The van der Waals surface area contributed by atoms with Crippen LogP contribution in [0.3, 0.4) is 0 Å². The third-order valence-corrected chi connectivity index (χ3v) is 3.54. The molecule has 0 bridgehead atoms. The van der Waals surface area contributed by atoms with Gasteiger partial charge in [0.05, 0.1) is 0 Å². The van der Waals surface area contributed by atoms with E-state index in [4.69, 9.17) is 0 Å². The number of carbonyl (C=O) groups excluding carboxylic acids is 1. The Labute approximate surface area is 100 Å². The minimum absolute atomic E-state index is 0.0368. The molecule has 1 saturated heterocycles. The lowest BCUT2D eigenvalue weighted by Gasteiger charge is -2.39. The van der Waals surface area contributed by atoms with E-state index in [9.17, 15) is 4.79 Å². The Kier molecular flexibility index (Phi) is 3.71. The van der Waals surface area contributed by atoms with Crippen LogP contribution in [0, 0.1) is 11.3 Å². The average molecular weight is 225 g/mol. The lowest BCUT2D eigenvalue weighted by atomic mass is 9.77. The zero-order valence-electron chi connectivity index (χ0n) is 11.8. The molecule has 94 valence electrons. The summed E-state index contributed by atoms with van der Waals surface area (Å²) in [5.74, 6) is 0.548. The number of likely N-dealkylation sites (tertiary alicyclic amines) is 1. The molecular weight excluding hydrogens is 198 g/mol. The second-order valence-electron chi connectivity index (χ2n) is 7.08. The van der Waals surface area contributed by atoms with Crippen molar-refractivity contribution in [3.8, 4) is 0 Å². The fourth-order valence-corrected chi connectivity index (χ4v) is 2.51. The maximum Gasteiger partial charge on any atom is 0.226 e. The van der Waals surface area contributed by atoms with E-state index in [0.29, 0.717) is 5.91 Å². The van der Waals surface area contributed by atoms with Crippen molar-refractivity contribution in [2.24, 2.45) is 11.3 Å². The third kappa shape index (κ3) is 2.99. The molecule has 1 aliphatic rings. The fraction of sp³-hybridized carbons (Fsp3) is 0.929. The Bertz CT molecular complexity index is 231. The summed E-state index contributed by atoms with van der Waals surface area (Å²) in [5.41, 5.74) is 0.0514. The van der Waals surface area contributed by atoms with Gasteiger partial charge in [-0.1, -0.05) is 27.2 Å². The molecule has 0 N–H and O–H groups in total. The van der Waals surface area contributed by atoms with Crippen molar-refractivity contribution in [1.29, 1.82) is 0 Å². The molecule has 2 heteroatoms. The lowest BCUT2D eigenvalue weighted by molar-refractivity contribution is -0.143. The molecule has 0 aromatic carbocycles. The van der Waals surface area contributed by atoms with Crippen LogP contribution in [0.1, 0.15) is 60.8 Å². The molecule has 0 aromatic rings. The summed E-state index contributed by atoms with van der Waals surface area (Å²) in [6.07, 6.45) is 3.38. The SMILES string of the molecule is CC(C)(C)C1CCCCN(C(C)(C)C)C1=O. The van der Waals surface area contributed by atoms with E-state index >= 15 is 0 Å². The highest BCUT2D eigenvalue weighted by Gasteiger charge is 2.38. The van der Waals surface area contributed by atoms with Gasteiger partial charge in [-0.25, -0.2) is 0 Å². The van der Waals surface area contributed by atoms with Gasteiger partial charge in [0.2, 0.25) is 5.91 Å². The molecule has 1 fully saturated rings. The molecular formula is C14H27NO. The lowest BCUT2D eigenvalue weighted by Crippen LogP contribution is -2.49. The summed E-state index contributed by atoms with van der Waals surface area (Å²) in [6.45, 7) is 13.9. The standard InChI is InChI=1S/C14H27NO/c1-13(2,3)11-9-7-8-10-15(12(11)16)14(4,5)6/h11H,7-10H2,1-6H3. The highest BCUT2D eigenvalue weighted by Crippen LogP contribution is 2.35. The van der Waals surface area contributed by atoms with Gasteiger partial charge in [0.15, 0.2) is 0 Å². The van der Waals surface area contributed by atoms with Gasteiger partial charge in [-0.3, -0.25) is 4.79 Å². The summed E-state index contributed by atoms with van der Waals surface area (Å²) in [6, 6.07) is 0. The Morgan fingerprint density at radius 1 is 1.06 bits per heavy atom. The van der Waals surface area contributed by atoms with Crippen LogP contribution in [0.5, 0.6) is 0 Å². The Morgan fingerprint density at radius 3 is 2.06 bits per heavy atom. The largest absolute Gasteiger partial charge is 0.338 e. The van der Waals surface area contributed by atoms with Gasteiger partial charge in [0, 0.05) is 18.0 Å². The predicted octanol–water partition coefficient (Wildman–Crippen LogP) is 3.46. The smallest absolute Gasteiger partial charge is 0.226 e. The van der Waals surface area contributed by atoms with Crippen LogP contribution in [0.25, 0.3) is 0 Å². The van der Waals surface area contributed by atoms with Crippen LogP contribution in [0.4, 0.5) is 0 Å². The van der Waals surface area contributed by atoms with Gasteiger partial charge in [-0.15, -0.1) is 0 Å². The van der Waals surface area contributed by atoms with Crippen molar-refractivity contribution in [1.82, 2.24) is 4.90 Å². The minimum Gasteiger partial charge on any atom is -0.338 e. The first kappa shape index (κ1) is 13.5. The quantitative estimate of drug-likeness (QED) is 0.618. The number of hydrogen-bond acceptors (Lipinski definition) is 1. The topological polar surface area (TPSA) is 20.3 Å². The molecule has 1 unspecified atom stereocenters. The van der Waals surface area contributed by atoms with Crippen molar-refractivity contribution in [3.05, 3.63) is 0 Å². The van der Waals surface area contributed by atoms with Crippen LogP contribution in [-0.2, 0) is 4.79 Å². The van der Waals surface area contributed by atoms with E-state index in [1.807, 2.05) is 0 Å². The van der Waals surface area contributed by atoms with Crippen LogP contribution in [-0.4, -0.2) is 22.9 Å². The van der Waals surface area contributed by atoms with Gasteiger partial charge in [0.25, 0.3) is 0 Å². The average Bonchev–Trinajstić information content (AvgIpc) is 2.23. The van der Waals surface area contributed by atoms with Gasteiger partial charge in [-0.05, 0) is 39.0 Å². The molecule has 0 aliphatic carbocycles. The summed E-state index contributed by atoms with van der Waals surface area (Å²) < 4.78 is 0. The Hall–Kier alpha value is -0.530. The molecule has 0 aromatic heterocycles. The summed E-state index contributed by atoms with van der Waals surface area (Å²) in [7, 11) is 0. The van der Waals surface area contributed by atoms with Crippen molar-refractivity contribution in [2.75, 3.05) is 6.54 Å². The number of amides is 1. The zero-order chi connectivity index (χ0) is 12.6. The summed E-state index contributed by atoms with van der Waals surface area (Å²) in [5, 5.41) is 0. The molecule has 2 nitrogen and oxygen atoms in total. The molecule has 1 rings (SSSR count). The first-order valence-electron chi connectivity index (χ1n) is 6.45. The second-order valence-corrected chi connectivity index (χ2v) is 7.08. The van der Waals surface area contributed by atoms with Gasteiger partial charge >= 0.3 is 0 Å². The fourth-order valence-electron chi connectivity index (χ4n) is 2.51. The van der Waals surface area contributed by atoms with E-state index in [1.165, 1.54) is 6.42 Å². The van der Waals surface area contributed by atoms with E-state index in [-0.39, 0.29) is 16.9 Å². The highest BCUT2D eigenvalue weighted by atomic mass is 16.2. The van der Waals surface area contributed by atoms with E-state index in [0.717, 1.165) is 19.4 Å². The number of hydrogen-bond donors (Lipinski definition) is 0. The van der Waals surface area contributed by atoms with Crippen LogP contribution < -0.4 is 0 Å². The van der Waals surface area contributed by atoms with Crippen molar-refractivity contribution >= 4 is 5.91 Å².